The highest BCUT2D eigenvalue weighted by Crippen LogP contribution is 2.52. The van der Waals surface area contributed by atoms with Crippen molar-refractivity contribution in [3.05, 3.63) is 65.2 Å². The van der Waals surface area contributed by atoms with Crippen LogP contribution in [0.15, 0.2) is 48.5 Å². The maximum atomic E-state index is 6.76. The molecular weight excluding hydrogens is 354 g/mol. The average Bonchev–Trinajstić information content (AvgIpc) is 3.26. The molecule has 1 saturated carbocycles. The number of fused-ring (bicyclic) bond motifs is 3. The number of para-hydroxylation sites is 1. The molecule has 0 radical (unpaired) electrons. The predicted octanol–water partition coefficient (Wildman–Crippen LogP) is 6.86. The van der Waals surface area contributed by atoms with Crippen LogP contribution in [-0.2, 0) is 7.05 Å². The lowest BCUT2D eigenvalue weighted by Crippen LogP contribution is -2.34. The summed E-state index contributed by atoms with van der Waals surface area (Å²) >= 11 is 0. The van der Waals surface area contributed by atoms with Crippen LogP contribution in [-0.4, -0.2) is 0 Å². The zero-order valence-electron chi connectivity index (χ0n) is 17.4. The standard InChI is InChI=1S/C27H26NO/c1-16-15-19-11-8-14-22-25(19)23(17(16)2)26-27(29-22)24(18-9-4-5-10-18)20-12-6-7-13-21(20)28(26)3/h6-8,11-15,18H,4-5,9-10H2,1-3H3/q+1. The van der Waals surface area contributed by atoms with Gasteiger partial charge in [-0.2, -0.15) is 4.57 Å². The van der Waals surface area contributed by atoms with Gasteiger partial charge in [0.1, 0.15) is 12.8 Å². The lowest BCUT2D eigenvalue weighted by atomic mass is 9.86. The molecule has 0 unspecified atom stereocenters. The summed E-state index contributed by atoms with van der Waals surface area (Å²) in [5.74, 6) is 2.68. The van der Waals surface area contributed by atoms with Gasteiger partial charge in [0.25, 0.3) is 5.69 Å². The Kier molecular flexibility index (Phi) is 3.56. The van der Waals surface area contributed by atoms with Gasteiger partial charge >= 0.3 is 0 Å². The SMILES string of the molecule is Cc1cc2cccc3c2c(c1C)-c1c(c(C2CCCC2)c2ccccc2[n+]1C)O3. The van der Waals surface area contributed by atoms with Crippen molar-refractivity contribution in [1.29, 1.82) is 0 Å². The highest BCUT2D eigenvalue weighted by atomic mass is 16.5. The van der Waals surface area contributed by atoms with Crippen molar-refractivity contribution in [3.63, 3.8) is 0 Å². The molecule has 2 aliphatic rings. The van der Waals surface area contributed by atoms with E-state index < -0.39 is 0 Å². The first kappa shape index (κ1) is 17.0. The number of hydrogen-bond acceptors (Lipinski definition) is 1. The smallest absolute Gasteiger partial charge is 0.257 e. The second kappa shape index (κ2) is 6.06. The van der Waals surface area contributed by atoms with E-state index in [1.54, 1.807) is 0 Å². The average molecular weight is 381 g/mol. The predicted molar refractivity (Wildman–Crippen MR) is 119 cm³/mol. The van der Waals surface area contributed by atoms with E-state index in [9.17, 15) is 0 Å². The fourth-order valence-electron chi connectivity index (χ4n) is 5.67. The Morgan fingerprint density at radius 1 is 0.966 bits per heavy atom. The van der Waals surface area contributed by atoms with E-state index in [1.807, 2.05) is 0 Å². The topological polar surface area (TPSA) is 13.1 Å². The molecule has 6 rings (SSSR count). The van der Waals surface area contributed by atoms with Crippen LogP contribution in [0.2, 0.25) is 0 Å². The third-order valence-electron chi connectivity index (χ3n) is 7.21. The molecule has 0 spiro atoms. The molecule has 1 aliphatic carbocycles. The van der Waals surface area contributed by atoms with Gasteiger partial charge in [-0.3, -0.25) is 0 Å². The molecule has 0 amide bonds. The summed E-state index contributed by atoms with van der Waals surface area (Å²) in [6.07, 6.45) is 5.16. The van der Waals surface area contributed by atoms with Gasteiger partial charge in [-0.05, 0) is 61.3 Å². The summed E-state index contributed by atoms with van der Waals surface area (Å²) in [5, 5.41) is 3.87. The summed E-state index contributed by atoms with van der Waals surface area (Å²) in [5.41, 5.74) is 8.02. The highest BCUT2D eigenvalue weighted by molar-refractivity contribution is 6.05. The Balaban J connectivity index is 1.83. The first-order valence-electron chi connectivity index (χ1n) is 10.8. The molecule has 0 saturated heterocycles. The van der Waals surface area contributed by atoms with E-state index in [0.29, 0.717) is 5.92 Å². The fourth-order valence-corrected chi connectivity index (χ4v) is 5.67. The van der Waals surface area contributed by atoms with Crippen LogP contribution in [0.25, 0.3) is 32.9 Å². The van der Waals surface area contributed by atoms with Crippen LogP contribution >= 0.6 is 0 Å². The van der Waals surface area contributed by atoms with Gasteiger partial charge in [0.2, 0.25) is 11.3 Å². The van der Waals surface area contributed by atoms with Crippen LogP contribution in [0.5, 0.6) is 11.5 Å². The molecule has 144 valence electrons. The van der Waals surface area contributed by atoms with Crippen molar-refractivity contribution >= 4 is 21.7 Å². The molecule has 0 bridgehead atoms. The van der Waals surface area contributed by atoms with Crippen LogP contribution in [0.3, 0.4) is 0 Å². The molecule has 2 heterocycles. The van der Waals surface area contributed by atoms with Crippen LogP contribution in [0, 0.1) is 13.8 Å². The maximum absolute atomic E-state index is 6.76. The number of nitrogens with zero attached hydrogens (tertiary/aromatic N) is 1. The monoisotopic (exact) mass is 380 g/mol. The number of ether oxygens (including phenoxy) is 1. The lowest BCUT2D eigenvalue weighted by molar-refractivity contribution is -0.633. The van der Waals surface area contributed by atoms with E-state index in [2.05, 4.69) is 74.0 Å². The van der Waals surface area contributed by atoms with E-state index in [1.165, 1.54) is 75.3 Å². The van der Waals surface area contributed by atoms with E-state index >= 15 is 0 Å². The Labute approximate surface area is 171 Å². The van der Waals surface area contributed by atoms with Gasteiger partial charge in [-0.15, -0.1) is 0 Å². The lowest BCUT2D eigenvalue weighted by Gasteiger charge is -2.26. The van der Waals surface area contributed by atoms with Crippen molar-refractivity contribution in [2.75, 3.05) is 0 Å². The fraction of sp³-hybridized carbons (Fsp3) is 0.296. The molecule has 29 heavy (non-hydrogen) atoms. The van der Waals surface area contributed by atoms with Gasteiger partial charge in [0.15, 0.2) is 0 Å². The minimum absolute atomic E-state index is 0.584. The van der Waals surface area contributed by atoms with Gasteiger partial charge in [-0.1, -0.05) is 43.2 Å². The Hall–Kier alpha value is -2.87. The number of aryl methyl sites for hydroxylation is 2. The number of pyridine rings is 1. The molecule has 0 atom stereocenters. The second-order valence-electron chi connectivity index (χ2n) is 8.80. The first-order chi connectivity index (χ1) is 14.1. The summed E-state index contributed by atoms with van der Waals surface area (Å²) in [4.78, 5) is 0. The Morgan fingerprint density at radius 3 is 2.59 bits per heavy atom. The maximum Gasteiger partial charge on any atom is 0.257 e. The van der Waals surface area contributed by atoms with Crippen LogP contribution in [0.1, 0.15) is 48.3 Å². The molecule has 4 aromatic rings. The molecule has 1 aliphatic heterocycles. The molecule has 2 heteroatoms. The van der Waals surface area contributed by atoms with Gasteiger partial charge in [0, 0.05) is 17.0 Å². The Morgan fingerprint density at radius 2 is 1.76 bits per heavy atom. The summed E-state index contributed by atoms with van der Waals surface area (Å²) < 4.78 is 9.12. The first-order valence-corrected chi connectivity index (χ1v) is 10.8. The molecule has 0 N–H and O–H groups in total. The molecule has 3 aromatic carbocycles. The van der Waals surface area contributed by atoms with E-state index in [4.69, 9.17) is 4.74 Å². The van der Waals surface area contributed by atoms with Crippen molar-refractivity contribution in [1.82, 2.24) is 0 Å². The molecule has 1 fully saturated rings. The van der Waals surface area contributed by atoms with Crippen molar-refractivity contribution in [2.45, 2.75) is 45.4 Å². The zero-order chi connectivity index (χ0) is 19.7. The molecular formula is C27H26NO+. The number of rotatable bonds is 1. The van der Waals surface area contributed by atoms with Crippen LogP contribution < -0.4 is 9.30 Å². The van der Waals surface area contributed by atoms with Crippen LogP contribution in [0.4, 0.5) is 0 Å². The van der Waals surface area contributed by atoms with Gasteiger partial charge < -0.3 is 4.74 Å². The largest absolute Gasteiger partial charge is 0.449 e. The van der Waals surface area contributed by atoms with E-state index in [0.717, 1.165) is 11.5 Å². The second-order valence-corrected chi connectivity index (χ2v) is 8.80. The van der Waals surface area contributed by atoms with Gasteiger partial charge in [-0.25, -0.2) is 0 Å². The van der Waals surface area contributed by atoms with Crippen molar-refractivity contribution < 1.29 is 9.30 Å². The van der Waals surface area contributed by atoms with Crippen molar-refractivity contribution in [3.8, 4) is 22.8 Å². The zero-order valence-corrected chi connectivity index (χ0v) is 17.4. The third kappa shape index (κ3) is 2.26. The quantitative estimate of drug-likeness (QED) is 0.289. The van der Waals surface area contributed by atoms with Gasteiger partial charge in [0.05, 0.1) is 10.9 Å². The number of hydrogen-bond donors (Lipinski definition) is 0. The minimum Gasteiger partial charge on any atom is -0.449 e. The van der Waals surface area contributed by atoms with Crippen molar-refractivity contribution in [2.24, 2.45) is 7.05 Å². The minimum atomic E-state index is 0.584. The molecule has 1 aromatic heterocycles. The summed E-state index contributed by atoms with van der Waals surface area (Å²) in [7, 11) is 2.20. The summed E-state index contributed by atoms with van der Waals surface area (Å²) in [6.45, 7) is 4.49. The Bertz CT molecular complexity index is 1310. The van der Waals surface area contributed by atoms with E-state index in [-0.39, 0.29) is 0 Å². The highest BCUT2D eigenvalue weighted by Gasteiger charge is 2.37. The normalized spacial score (nSPS) is 15.7. The number of aromatic nitrogens is 1. The molecule has 2 nitrogen and oxygen atoms in total. The summed E-state index contributed by atoms with van der Waals surface area (Å²) in [6, 6.07) is 17.6. The number of benzene rings is 3. The third-order valence-corrected chi connectivity index (χ3v) is 7.21.